The summed E-state index contributed by atoms with van der Waals surface area (Å²) >= 11 is 0. The van der Waals surface area contributed by atoms with Crippen LogP contribution >= 0.6 is 0 Å². The number of hydrogen-bond donors (Lipinski definition) is 0. The zero-order valence-electron chi connectivity index (χ0n) is 11.0. The molecule has 0 atom stereocenters. The first-order chi connectivity index (χ1) is 9.16. The maximum atomic E-state index is 12.4. The number of aryl methyl sites for hydroxylation is 1. The molecule has 1 aliphatic rings. The Bertz CT molecular complexity index is 724. The van der Waals surface area contributed by atoms with Gasteiger partial charge in [-0.25, -0.2) is 14.2 Å². The molecule has 0 radical (unpaired) electrons. The lowest BCUT2D eigenvalue weighted by Gasteiger charge is -2.22. The maximum Gasteiger partial charge on any atom is 0.353 e. The molecule has 1 saturated carbocycles. The van der Waals surface area contributed by atoms with E-state index < -0.39 is 5.69 Å². The van der Waals surface area contributed by atoms with Gasteiger partial charge in [-0.15, -0.1) is 0 Å². The van der Waals surface area contributed by atoms with Gasteiger partial charge in [0.1, 0.15) is 5.65 Å². The van der Waals surface area contributed by atoms with Crippen LogP contribution in [0.1, 0.15) is 43.7 Å². The average Bonchev–Trinajstić information content (AvgIpc) is 2.39. The maximum absolute atomic E-state index is 12.4. The normalized spacial score (nSPS) is 16.9. The van der Waals surface area contributed by atoms with Gasteiger partial charge in [-0.1, -0.05) is 19.3 Å². The molecule has 5 nitrogen and oxygen atoms in total. The Balaban J connectivity index is 2.22. The van der Waals surface area contributed by atoms with Gasteiger partial charge < -0.3 is 0 Å². The Morgan fingerprint density at radius 2 is 1.95 bits per heavy atom. The number of fused-ring (bicyclic) bond motifs is 1. The molecule has 0 N–H and O–H groups in total. The summed E-state index contributed by atoms with van der Waals surface area (Å²) in [7, 11) is 0. The van der Waals surface area contributed by atoms with E-state index in [1.807, 2.05) is 13.0 Å². The number of aromatic nitrogens is 3. The van der Waals surface area contributed by atoms with Gasteiger partial charge in [0.25, 0.3) is 0 Å². The minimum atomic E-state index is -0.414. The molecule has 3 rings (SSSR count). The van der Waals surface area contributed by atoms with Gasteiger partial charge in [0.2, 0.25) is 0 Å². The van der Waals surface area contributed by atoms with E-state index in [1.165, 1.54) is 15.4 Å². The van der Waals surface area contributed by atoms with Crippen LogP contribution in [0.25, 0.3) is 5.65 Å². The summed E-state index contributed by atoms with van der Waals surface area (Å²) in [5.74, 6) is 0. The van der Waals surface area contributed by atoms with Gasteiger partial charge in [-0.05, 0) is 37.5 Å². The van der Waals surface area contributed by atoms with E-state index in [1.54, 1.807) is 12.3 Å². The van der Waals surface area contributed by atoms with Crippen molar-refractivity contribution in [1.82, 2.24) is 14.0 Å². The molecule has 2 aromatic heterocycles. The molecule has 1 fully saturated rings. The smallest absolute Gasteiger partial charge is 0.253 e. The summed E-state index contributed by atoms with van der Waals surface area (Å²) < 4.78 is 2.80. The van der Waals surface area contributed by atoms with Crippen molar-refractivity contribution in [2.45, 2.75) is 45.1 Å². The zero-order chi connectivity index (χ0) is 13.4. The number of hydrogen-bond acceptors (Lipinski definition) is 3. The minimum Gasteiger partial charge on any atom is -0.253 e. The average molecular weight is 259 g/mol. The minimum absolute atomic E-state index is 0.0134. The van der Waals surface area contributed by atoms with Gasteiger partial charge in [-0.2, -0.15) is 4.98 Å². The lowest BCUT2D eigenvalue weighted by atomic mass is 9.95. The molecule has 2 aromatic rings. The first-order valence-corrected chi connectivity index (χ1v) is 6.78. The van der Waals surface area contributed by atoms with Crippen LogP contribution in [0.3, 0.4) is 0 Å². The quantitative estimate of drug-likeness (QED) is 0.782. The second kappa shape index (κ2) is 4.64. The van der Waals surface area contributed by atoms with Crippen LogP contribution in [0.5, 0.6) is 0 Å². The third-order valence-electron chi connectivity index (χ3n) is 3.86. The molecule has 1 aliphatic carbocycles. The molecule has 0 aliphatic heterocycles. The largest absolute Gasteiger partial charge is 0.353 e. The van der Waals surface area contributed by atoms with Crippen molar-refractivity contribution >= 4 is 5.65 Å². The molecule has 0 unspecified atom stereocenters. The molecule has 5 heteroatoms. The fraction of sp³-hybridized carbons (Fsp3) is 0.500. The van der Waals surface area contributed by atoms with Crippen molar-refractivity contribution in [2.75, 3.05) is 0 Å². The van der Waals surface area contributed by atoms with Crippen molar-refractivity contribution in [1.29, 1.82) is 0 Å². The summed E-state index contributed by atoms with van der Waals surface area (Å²) in [4.78, 5) is 28.6. The van der Waals surface area contributed by atoms with Crippen molar-refractivity contribution in [2.24, 2.45) is 0 Å². The summed E-state index contributed by atoms with van der Waals surface area (Å²) in [5, 5.41) is 0. The van der Waals surface area contributed by atoms with Gasteiger partial charge in [-0.3, -0.25) is 4.40 Å². The molecule has 0 bridgehead atoms. The van der Waals surface area contributed by atoms with Crippen molar-refractivity contribution in [3.8, 4) is 0 Å². The molecule has 2 heterocycles. The molecular weight excluding hydrogens is 242 g/mol. The van der Waals surface area contributed by atoms with Crippen LogP contribution in [-0.2, 0) is 0 Å². The topological polar surface area (TPSA) is 56.4 Å². The highest BCUT2D eigenvalue weighted by Gasteiger charge is 2.20. The number of rotatable bonds is 1. The Morgan fingerprint density at radius 1 is 1.21 bits per heavy atom. The SMILES string of the molecule is Cc1ccn2c(=O)n(C3CCCCC3)c(=O)nc2c1. The van der Waals surface area contributed by atoms with Crippen LogP contribution in [0.15, 0.2) is 27.9 Å². The van der Waals surface area contributed by atoms with Crippen LogP contribution in [0, 0.1) is 6.92 Å². The lowest BCUT2D eigenvalue weighted by molar-refractivity contribution is 0.331. The molecule has 0 spiro atoms. The summed E-state index contributed by atoms with van der Waals surface area (Å²) in [6.45, 7) is 1.92. The summed E-state index contributed by atoms with van der Waals surface area (Å²) in [6, 6.07) is 3.62. The summed E-state index contributed by atoms with van der Waals surface area (Å²) in [5.41, 5.74) is 0.744. The Hall–Kier alpha value is -1.91. The van der Waals surface area contributed by atoms with Crippen LogP contribution < -0.4 is 11.4 Å². The fourth-order valence-corrected chi connectivity index (χ4v) is 2.84. The first kappa shape index (κ1) is 12.1. The monoisotopic (exact) mass is 259 g/mol. The first-order valence-electron chi connectivity index (χ1n) is 6.78. The third-order valence-corrected chi connectivity index (χ3v) is 3.86. The van der Waals surface area contributed by atoms with Crippen LogP contribution in [0.4, 0.5) is 0 Å². The molecule has 0 amide bonds. The highest BCUT2D eigenvalue weighted by molar-refractivity contribution is 5.39. The zero-order valence-corrected chi connectivity index (χ0v) is 11.0. The lowest BCUT2D eigenvalue weighted by Crippen LogP contribution is -2.42. The summed E-state index contributed by atoms with van der Waals surface area (Å²) in [6.07, 6.45) is 6.83. The Morgan fingerprint density at radius 3 is 2.68 bits per heavy atom. The van der Waals surface area contributed by atoms with Crippen molar-refractivity contribution in [3.05, 3.63) is 44.9 Å². The second-order valence-corrected chi connectivity index (χ2v) is 5.27. The van der Waals surface area contributed by atoms with E-state index >= 15 is 0 Å². The van der Waals surface area contributed by atoms with E-state index in [0.29, 0.717) is 5.65 Å². The predicted octanol–water partition coefficient (Wildman–Crippen LogP) is 1.67. The third kappa shape index (κ3) is 2.09. The van der Waals surface area contributed by atoms with E-state index in [2.05, 4.69) is 4.98 Å². The van der Waals surface area contributed by atoms with Gasteiger partial charge >= 0.3 is 11.4 Å². The van der Waals surface area contributed by atoms with E-state index in [0.717, 1.165) is 31.2 Å². The molecule has 19 heavy (non-hydrogen) atoms. The molecular formula is C14H17N3O2. The molecule has 0 aromatic carbocycles. The van der Waals surface area contributed by atoms with Gasteiger partial charge in [0.15, 0.2) is 0 Å². The van der Waals surface area contributed by atoms with Gasteiger partial charge in [0, 0.05) is 12.2 Å². The van der Waals surface area contributed by atoms with E-state index in [4.69, 9.17) is 0 Å². The molecule has 0 saturated heterocycles. The highest BCUT2D eigenvalue weighted by atomic mass is 16.2. The molecule has 100 valence electrons. The van der Waals surface area contributed by atoms with Crippen molar-refractivity contribution < 1.29 is 0 Å². The number of nitrogens with zero attached hydrogens (tertiary/aromatic N) is 3. The fourth-order valence-electron chi connectivity index (χ4n) is 2.84. The van der Waals surface area contributed by atoms with Crippen LogP contribution in [0.2, 0.25) is 0 Å². The highest BCUT2D eigenvalue weighted by Crippen LogP contribution is 2.25. The second-order valence-electron chi connectivity index (χ2n) is 5.27. The standard InChI is InChI=1S/C14H17N3O2/c1-10-7-8-16-12(9-10)15-13(18)17(14(16)19)11-5-3-2-4-6-11/h7-9,11H,2-6H2,1H3. The predicted molar refractivity (Wildman–Crippen MR) is 72.6 cm³/mol. The van der Waals surface area contributed by atoms with Crippen molar-refractivity contribution in [3.63, 3.8) is 0 Å². The Kier molecular flexibility index (Phi) is 2.97. The Labute approximate surface area is 110 Å². The van der Waals surface area contributed by atoms with Gasteiger partial charge in [0.05, 0.1) is 0 Å². The number of pyridine rings is 1. The van der Waals surface area contributed by atoms with E-state index in [-0.39, 0.29) is 11.7 Å². The van der Waals surface area contributed by atoms with Crippen LogP contribution in [-0.4, -0.2) is 14.0 Å². The van der Waals surface area contributed by atoms with E-state index in [9.17, 15) is 9.59 Å².